The Balaban J connectivity index is 3.59. The van der Waals surface area contributed by atoms with Gasteiger partial charge in [0, 0.05) is 39.3 Å². The van der Waals surface area contributed by atoms with E-state index in [2.05, 4.69) is 0 Å². The van der Waals surface area contributed by atoms with Gasteiger partial charge in [0.2, 0.25) is 0 Å². The maximum Gasteiger partial charge on any atom is 0.122 e. The van der Waals surface area contributed by atoms with Crippen LogP contribution in [0.15, 0.2) is 0 Å². The SMILES string of the molecule is O=CCCOCCOCCOCCOCCOCCOCCOCCOCCOCCOCCOCCOCCN(CC(O)C(O)C(O)CCO)CC(O)C(O)C(O)CCO. The summed E-state index contributed by atoms with van der Waals surface area (Å²) in [5.41, 5.74) is 0. The number of carbonyl (C=O) groups excluding carboxylic acids is 1. The molecule has 0 aliphatic rings. The number of aliphatic hydroxyl groups is 8. The van der Waals surface area contributed by atoms with Crippen LogP contribution in [0.2, 0.25) is 0 Å². The van der Waals surface area contributed by atoms with Crippen LogP contribution in [0, 0.1) is 0 Å². The summed E-state index contributed by atoms with van der Waals surface area (Å²) in [7, 11) is 0. The lowest BCUT2D eigenvalue weighted by molar-refractivity contribution is -0.109. The normalized spacial score (nSPS) is 15.0. The maximum atomic E-state index is 10.4. The van der Waals surface area contributed by atoms with Gasteiger partial charge in [0.15, 0.2) is 0 Å². The predicted octanol–water partition coefficient (Wildman–Crippen LogP) is -3.99. The highest BCUT2D eigenvalue weighted by atomic mass is 16.6. The molecular weight excluding hydrogens is 818 g/mol. The molecule has 22 heteroatoms. The van der Waals surface area contributed by atoms with Crippen molar-refractivity contribution in [3.63, 3.8) is 0 Å². The third-order valence-electron chi connectivity index (χ3n) is 8.34. The number of rotatable bonds is 51. The van der Waals surface area contributed by atoms with E-state index in [1.54, 1.807) is 0 Å². The van der Waals surface area contributed by atoms with Crippen LogP contribution in [0.1, 0.15) is 19.3 Å². The predicted molar refractivity (Wildman–Crippen MR) is 216 cm³/mol. The van der Waals surface area contributed by atoms with Crippen LogP contribution < -0.4 is 0 Å². The highest BCUT2D eigenvalue weighted by molar-refractivity contribution is 5.49. The van der Waals surface area contributed by atoms with E-state index >= 15 is 0 Å². The van der Waals surface area contributed by atoms with E-state index in [-0.39, 0.29) is 65.5 Å². The minimum Gasteiger partial charge on any atom is -0.396 e. The van der Waals surface area contributed by atoms with Gasteiger partial charge < -0.3 is 102 Å². The maximum absolute atomic E-state index is 10.4. The highest BCUT2D eigenvalue weighted by Crippen LogP contribution is 2.10. The second-order valence-corrected chi connectivity index (χ2v) is 13.3. The first-order valence-electron chi connectivity index (χ1n) is 21.2. The molecule has 6 atom stereocenters. The summed E-state index contributed by atoms with van der Waals surface area (Å²) in [5, 5.41) is 78.9. The number of hydrogen-bond acceptors (Lipinski definition) is 22. The number of carbonyl (C=O) groups is 1. The van der Waals surface area contributed by atoms with E-state index in [0.717, 1.165) is 6.29 Å². The summed E-state index contributed by atoms with van der Waals surface area (Å²) in [6, 6.07) is 0. The fourth-order valence-corrected chi connectivity index (χ4v) is 4.97. The van der Waals surface area contributed by atoms with E-state index in [9.17, 15) is 35.4 Å². The van der Waals surface area contributed by atoms with Crippen molar-refractivity contribution in [1.82, 2.24) is 4.90 Å². The second-order valence-electron chi connectivity index (χ2n) is 13.3. The van der Waals surface area contributed by atoms with Crippen LogP contribution in [-0.2, 0) is 61.6 Å². The van der Waals surface area contributed by atoms with Gasteiger partial charge in [-0.2, -0.15) is 0 Å². The summed E-state index contributed by atoms with van der Waals surface area (Å²) in [6.07, 6.45) is -7.78. The van der Waals surface area contributed by atoms with Gasteiger partial charge in [-0.25, -0.2) is 0 Å². The van der Waals surface area contributed by atoms with Crippen LogP contribution in [0.5, 0.6) is 0 Å². The topological polar surface area (TPSA) is 293 Å². The molecule has 0 fully saturated rings. The second kappa shape index (κ2) is 46.8. The van der Waals surface area contributed by atoms with E-state index in [1.807, 2.05) is 0 Å². The zero-order chi connectivity index (χ0) is 44.9. The summed E-state index contributed by atoms with van der Waals surface area (Å²) >= 11 is 0. The summed E-state index contributed by atoms with van der Waals surface area (Å²) in [4.78, 5) is 11.7. The summed E-state index contributed by atoms with van der Waals surface area (Å²) in [6.45, 7) is 8.90. The largest absolute Gasteiger partial charge is 0.396 e. The molecule has 0 radical (unpaired) electrons. The average Bonchev–Trinajstić information content (AvgIpc) is 3.25. The lowest BCUT2D eigenvalue weighted by atomic mass is 10.0. The van der Waals surface area contributed by atoms with E-state index < -0.39 is 36.6 Å². The molecule has 0 saturated heterocycles. The molecule has 0 heterocycles. The molecule has 0 saturated carbocycles. The van der Waals surface area contributed by atoms with Crippen LogP contribution >= 0.6 is 0 Å². The van der Waals surface area contributed by atoms with Gasteiger partial charge in [0.1, 0.15) is 18.5 Å². The molecule has 0 rings (SSSR count). The third kappa shape index (κ3) is 40.1. The molecule has 0 aromatic heterocycles. The van der Waals surface area contributed by atoms with Gasteiger partial charge in [-0.15, -0.1) is 0 Å². The zero-order valence-electron chi connectivity index (χ0n) is 36.0. The number of hydrogen-bond donors (Lipinski definition) is 8. The Labute approximate surface area is 360 Å². The molecule has 6 unspecified atom stereocenters. The van der Waals surface area contributed by atoms with Crippen LogP contribution in [-0.4, -0.2) is 280 Å². The van der Waals surface area contributed by atoms with E-state index in [0.29, 0.717) is 145 Å². The average molecular weight is 898 g/mol. The molecular formula is C39H79NO21. The lowest BCUT2D eigenvalue weighted by Gasteiger charge is -2.32. The molecule has 0 aliphatic carbocycles. The quantitative estimate of drug-likeness (QED) is 0.0213. The summed E-state index contributed by atoms with van der Waals surface area (Å²) < 4.78 is 65.3. The molecule has 22 nitrogen and oxygen atoms in total. The third-order valence-corrected chi connectivity index (χ3v) is 8.34. The van der Waals surface area contributed by atoms with Crippen LogP contribution in [0.3, 0.4) is 0 Å². The van der Waals surface area contributed by atoms with Crippen molar-refractivity contribution in [1.29, 1.82) is 0 Å². The minimum atomic E-state index is -1.56. The van der Waals surface area contributed by atoms with E-state index in [4.69, 9.17) is 67.1 Å². The molecule has 0 bridgehead atoms. The molecule has 0 spiro atoms. The Bertz CT molecular complexity index is 863. The van der Waals surface area contributed by atoms with Crippen molar-refractivity contribution in [3.8, 4) is 0 Å². The molecule has 0 amide bonds. The van der Waals surface area contributed by atoms with Gasteiger partial charge in [0.25, 0.3) is 0 Å². The lowest BCUT2D eigenvalue weighted by Crippen LogP contribution is -2.50. The van der Waals surface area contributed by atoms with Crippen molar-refractivity contribution in [2.75, 3.05) is 191 Å². The highest BCUT2D eigenvalue weighted by Gasteiger charge is 2.30. The van der Waals surface area contributed by atoms with Gasteiger partial charge in [-0.3, -0.25) is 4.90 Å². The first-order chi connectivity index (χ1) is 29.8. The van der Waals surface area contributed by atoms with Crippen molar-refractivity contribution < 1.29 is 102 Å². The smallest absolute Gasteiger partial charge is 0.122 e. The van der Waals surface area contributed by atoms with Crippen molar-refractivity contribution >= 4 is 6.29 Å². The van der Waals surface area contributed by atoms with Crippen molar-refractivity contribution in [2.24, 2.45) is 0 Å². The number of aliphatic hydroxyl groups excluding tert-OH is 8. The minimum absolute atomic E-state index is 0.138. The number of aldehydes is 1. The zero-order valence-corrected chi connectivity index (χ0v) is 36.0. The van der Waals surface area contributed by atoms with E-state index in [1.165, 1.54) is 4.90 Å². The van der Waals surface area contributed by atoms with Gasteiger partial charge in [0.05, 0.1) is 183 Å². The Morgan fingerprint density at radius 1 is 0.344 bits per heavy atom. The molecule has 8 N–H and O–H groups in total. The molecule has 0 aliphatic heterocycles. The fraction of sp³-hybridized carbons (Fsp3) is 0.974. The van der Waals surface area contributed by atoms with Gasteiger partial charge >= 0.3 is 0 Å². The Hall–Kier alpha value is -1.17. The van der Waals surface area contributed by atoms with Crippen LogP contribution in [0.4, 0.5) is 0 Å². The Morgan fingerprint density at radius 2 is 0.574 bits per heavy atom. The first kappa shape index (κ1) is 59.8. The van der Waals surface area contributed by atoms with Gasteiger partial charge in [-0.05, 0) is 12.8 Å². The first-order valence-corrected chi connectivity index (χ1v) is 21.2. The Kier molecular flexibility index (Phi) is 45.9. The summed E-state index contributed by atoms with van der Waals surface area (Å²) in [5.74, 6) is 0. The molecule has 366 valence electrons. The molecule has 61 heavy (non-hydrogen) atoms. The number of ether oxygens (including phenoxy) is 12. The monoisotopic (exact) mass is 898 g/mol. The Morgan fingerprint density at radius 3 is 0.803 bits per heavy atom. The van der Waals surface area contributed by atoms with Gasteiger partial charge in [-0.1, -0.05) is 0 Å². The standard InChI is InChI=1S/C39H79NO21/c41-5-1-8-50-10-12-52-14-16-54-18-20-56-22-24-58-26-28-60-30-31-61-29-27-59-25-23-57-21-19-55-17-15-53-13-11-51-9-4-40(32-36(46)38(48)34(44)2-6-42)33-37(47)39(49)35(45)3-7-43/h5,34-39,42-49H,1-4,6-33H2. The van der Waals surface area contributed by atoms with Crippen molar-refractivity contribution in [2.45, 2.75) is 55.9 Å². The molecule has 0 aromatic carbocycles. The van der Waals surface area contributed by atoms with Crippen LogP contribution in [0.25, 0.3) is 0 Å². The molecule has 0 aromatic rings. The van der Waals surface area contributed by atoms with Crippen molar-refractivity contribution in [3.05, 3.63) is 0 Å². The number of nitrogens with zero attached hydrogens (tertiary/aromatic N) is 1. The fourth-order valence-electron chi connectivity index (χ4n) is 4.97.